The molecule has 1 atom stereocenters. The van der Waals surface area contributed by atoms with Crippen LogP contribution < -0.4 is 0 Å². The minimum absolute atomic E-state index is 0.191. The zero-order valence-electron chi connectivity index (χ0n) is 7.60. The van der Waals surface area contributed by atoms with Crippen LogP contribution in [0.15, 0.2) is 0 Å². The highest BCUT2D eigenvalue weighted by atomic mass is 17.2. The molecule has 0 heterocycles. The topological polar surface area (TPSA) is 18.5 Å². The van der Waals surface area contributed by atoms with Crippen molar-refractivity contribution in [2.75, 3.05) is 0 Å². The minimum Gasteiger partial charge on any atom is -0.233 e. The summed E-state index contributed by atoms with van der Waals surface area (Å²) in [7, 11) is 0. The van der Waals surface area contributed by atoms with E-state index in [1.54, 1.807) is 0 Å². The monoisotopic (exact) mass is 146 g/mol. The Balaban J connectivity index is 3.36. The number of rotatable bonds is 3. The normalized spacial score (nSPS) is 15.3. The van der Waals surface area contributed by atoms with E-state index in [9.17, 15) is 0 Å². The van der Waals surface area contributed by atoms with Crippen molar-refractivity contribution in [2.45, 2.75) is 52.7 Å². The minimum atomic E-state index is -0.191. The maximum Gasteiger partial charge on any atom is 0.0952 e. The highest BCUT2D eigenvalue weighted by molar-refractivity contribution is 4.55. The average Bonchev–Trinajstić information content (AvgIpc) is 1.81. The molecule has 0 spiro atoms. The number of hydrogen-bond acceptors (Lipinski definition) is 2. The molecule has 0 saturated heterocycles. The first kappa shape index (κ1) is 9.92. The lowest BCUT2D eigenvalue weighted by atomic mass is 10.2. The summed E-state index contributed by atoms with van der Waals surface area (Å²) in [5.74, 6) is 0. The van der Waals surface area contributed by atoms with E-state index in [0.717, 1.165) is 6.42 Å². The molecule has 1 unspecified atom stereocenters. The summed E-state index contributed by atoms with van der Waals surface area (Å²) in [5.41, 5.74) is -0.191. The standard InChI is InChI=1S/C8H18O2/c1-6-7(2)9-10-8(3,4)5/h7H,6H2,1-5H3. The summed E-state index contributed by atoms with van der Waals surface area (Å²) >= 11 is 0. The molecule has 2 heteroatoms. The molecule has 0 aromatic carbocycles. The summed E-state index contributed by atoms with van der Waals surface area (Å²) in [5, 5.41) is 0. The summed E-state index contributed by atoms with van der Waals surface area (Å²) in [4.78, 5) is 10.1. The molecule has 0 aliphatic heterocycles. The third-order valence-corrected chi connectivity index (χ3v) is 1.04. The molecule has 0 saturated carbocycles. The Hall–Kier alpha value is -0.0800. The Kier molecular flexibility index (Phi) is 3.91. The van der Waals surface area contributed by atoms with Crippen molar-refractivity contribution in [3.63, 3.8) is 0 Å². The zero-order chi connectivity index (χ0) is 8.20. The Morgan fingerprint density at radius 1 is 1.30 bits per heavy atom. The number of hydrogen-bond donors (Lipinski definition) is 0. The summed E-state index contributed by atoms with van der Waals surface area (Å²) in [6.45, 7) is 9.96. The van der Waals surface area contributed by atoms with Crippen LogP contribution in [0.5, 0.6) is 0 Å². The van der Waals surface area contributed by atoms with E-state index < -0.39 is 0 Å². The fourth-order valence-corrected chi connectivity index (χ4v) is 0.295. The molecule has 0 bridgehead atoms. The summed E-state index contributed by atoms with van der Waals surface area (Å²) in [6, 6.07) is 0. The lowest BCUT2D eigenvalue weighted by molar-refractivity contribution is -0.370. The van der Waals surface area contributed by atoms with Crippen LogP contribution in [0.4, 0.5) is 0 Å². The molecular formula is C8H18O2. The molecule has 0 aliphatic carbocycles. The van der Waals surface area contributed by atoms with Gasteiger partial charge in [-0.05, 0) is 34.1 Å². The fraction of sp³-hybridized carbons (Fsp3) is 1.00. The van der Waals surface area contributed by atoms with Crippen molar-refractivity contribution in [2.24, 2.45) is 0 Å². The molecule has 0 aliphatic rings. The van der Waals surface area contributed by atoms with Crippen LogP contribution in [0.25, 0.3) is 0 Å². The maximum atomic E-state index is 5.08. The molecule has 62 valence electrons. The smallest absolute Gasteiger partial charge is 0.0952 e. The van der Waals surface area contributed by atoms with Crippen LogP contribution >= 0.6 is 0 Å². The third kappa shape index (κ3) is 6.05. The highest BCUT2D eigenvalue weighted by Crippen LogP contribution is 2.09. The van der Waals surface area contributed by atoms with Gasteiger partial charge >= 0.3 is 0 Å². The third-order valence-electron chi connectivity index (χ3n) is 1.04. The second-order valence-electron chi connectivity index (χ2n) is 3.51. The van der Waals surface area contributed by atoms with E-state index in [-0.39, 0.29) is 11.7 Å². The molecule has 0 fully saturated rings. The van der Waals surface area contributed by atoms with Crippen LogP contribution in [0, 0.1) is 0 Å². The van der Waals surface area contributed by atoms with Crippen molar-refractivity contribution >= 4 is 0 Å². The lowest BCUT2D eigenvalue weighted by Crippen LogP contribution is -2.22. The predicted molar refractivity (Wildman–Crippen MR) is 41.7 cm³/mol. The van der Waals surface area contributed by atoms with Crippen molar-refractivity contribution < 1.29 is 9.78 Å². The quantitative estimate of drug-likeness (QED) is 0.450. The first-order valence-corrected chi connectivity index (χ1v) is 3.80. The van der Waals surface area contributed by atoms with Crippen LogP contribution in [0.2, 0.25) is 0 Å². The molecule has 0 aromatic heterocycles. The van der Waals surface area contributed by atoms with E-state index in [1.165, 1.54) is 0 Å². The largest absolute Gasteiger partial charge is 0.233 e. The van der Waals surface area contributed by atoms with Gasteiger partial charge in [0.15, 0.2) is 0 Å². The van der Waals surface area contributed by atoms with Crippen molar-refractivity contribution in [3.05, 3.63) is 0 Å². The zero-order valence-corrected chi connectivity index (χ0v) is 7.60. The van der Waals surface area contributed by atoms with Crippen molar-refractivity contribution in [3.8, 4) is 0 Å². The molecule has 0 N–H and O–H groups in total. The fourth-order valence-electron chi connectivity index (χ4n) is 0.295. The molecule has 0 amide bonds. The second-order valence-corrected chi connectivity index (χ2v) is 3.51. The Morgan fingerprint density at radius 2 is 1.80 bits per heavy atom. The Bertz CT molecular complexity index is 83.7. The molecular weight excluding hydrogens is 128 g/mol. The molecule has 0 rings (SSSR count). The summed E-state index contributed by atoms with van der Waals surface area (Å²) in [6.07, 6.45) is 1.18. The van der Waals surface area contributed by atoms with Gasteiger partial charge < -0.3 is 0 Å². The van der Waals surface area contributed by atoms with Crippen molar-refractivity contribution in [1.82, 2.24) is 0 Å². The molecule has 2 nitrogen and oxygen atoms in total. The van der Waals surface area contributed by atoms with Crippen LogP contribution in [-0.2, 0) is 9.78 Å². The van der Waals surface area contributed by atoms with Gasteiger partial charge in [-0.15, -0.1) is 0 Å². The first-order chi connectivity index (χ1) is 4.45. The first-order valence-electron chi connectivity index (χ1n) is 3.80. The SMILES string of the molecule is CCC(C)OOC(C)(C)C. The highest BCUT2D eigenvalue weighted by Gasteiger charge is 2.12. The van der Waals surface area contributed by atoms with Gasteiger partial charge in [0.1, 0.15) is 0 Å². The van der Waals surface area contributed by atoms with Crippen LogP contribution in [-0.4, -0.2) is 11.7 Å². The van der Waals surface area contributed by atoms with Gasteiger partial charge in [-0.2, -0.15) is 0 Å². The van der Waals surface area contributed by atoms with E-state index in [1.807, 2.05) is 27.7 Å². The van der Waals surface area contributed by atoms with Gasteiger partial charge in [-0.3, -0.25) is 0 Å². The van der Waals surface area contributed by atoms with E-state index in [0.29, 0.717) is 0 Å². The molecule has 10 heavy (non-hydrogen) atoms. The van der Waals surface area contributed by atoms with Crippen molar-refractivity contribution in [1.29, 1.82) is 0 Å². The van der Waals surface area contributed by atoms with Gasteiger partial charge in [0.25, 0.3) is 0 Å². The lowest BCUT2D eigenvalue weighted by Gasteiger charge is -2.20. The van der Waals surface area contributed by atoms with E-state index in [4.69, 9.17) is 9.78 Å². The Labute approximate surface area is 63.5 Å². The Morgan fingerprint density at radius 3 is 2.10 bits per heavy atom. The van der Waals surface area contributed by atoms with Crippen LogP contribution in [0.3, 0.4) is 0 Å². The van der Waals surface area contributed by atoms with Gasteiger partial charge in [0.2, 0.25) is 0 Å². The van der Waals surface area contributed by atoms with Gasteiger partial charge in [0.05, 0.1) is 11.7 Å². The second kappa shape index (κ2) is 3.94. The molecule has 0 aromatic rings. The van der Waals surface area contributed by atoms with Gasteiger partial charge in [-0.1, -0.05) is 6.92 Å². The van der Waals surface area contributed by atoms with E-state index >= 15 is 0 Å². The summed E-state index contributed by atoms with van der Waals surface area (Å²) < 4.78 is 0. The van der Waals surface area contributed by atoms with Gasteiger partial charge in [0, 0.05) is 0 Å². The predicted octanol–water partition coefficient (Wildman–Crippen LogP) is 2.53. The van der Waals surface area contributed by atoms with E-state index in [2.05, 4.69) is 6.92 Å². The van der Waals surface area contributed by atoms with Gasteiger partial charge in [-0.25, -0.2) is 9.78 Å². The molecule has 0 radical (unpaired) electrons. The average molecular weight is 146 g/mol. The maximum absolute atomic E-state index is 5.08. The van der Waals surface area contributed by atoms with Crippen LogP contribution in [0.1, 0.15) is 41.0 Å².